The van der Waals surface area contributed by atoms with Gasteiger partial charge in [0.25, 0.3) is 5.91 Å². The van der Waals surface area contributed by atoms with Crippen LogP contribution in [0.4, 0.5) is 11.5 Å². The van der Waals surface area contributed by atoms with E-state index < -0.39 is 24.4 Å². The molecule has 0 radical (unpaired) electrons. The van der Waals surface area contributed by atoms with Crippen molar-refractivity contribution < 1.29 is 28.4 Å². The molecule has 3 aromatic rings. The van der Waals surface area contributed by atoms with Crippen LogP contribution in [0.2, 0.25) is 0 Å². The van der Waals surface area contributed by atoms with Gasteiger partial charge in [-0.1, -0.05) is 38.1 Å². The first-order chi connectivity index (χ1) is 17.1. The van der Waals surface area contributed by atoms with Crippen LogP contribution in [0, 0.1) is 12.8 Å². The highest BCUT2D eigenvalue weighted by Gasteiger charge is 2.36. The predicted octanol–water partition coefficient (Wildman–Crippen LogP) is 4.61. The van der Waals surface area contributed by atoms with Crippen LogP contribution in [-0.2, 0) is 24.5 Å². The van der Waals surface area contributed by atoms with E-state index in [-0.39, 0.29) is 30.1 Å². The van der Waals surface area contributed by atoms with E-state index >= 15 is 0 Å². The number of ether oxygens (including phenoxy) is 2. The Morgan fingerprint density at radius 1 is 1.08 bits per heavy atom. The summed E-state index contributed by atoms with van der Waals surface area (Å²) in [7, 11) is 0. The van der Waals surface area contributed by atoms with Crippen molar-refractivity contribution in [2.24, 2.45) is 5.92 Å². The lowest BCUT2D eigenvalue weighted by Gasteiger charge is -2.19. The molecule has 0 unspecified atom stereocenters. The van der Waals surface area contributed by atoms with Gasteiger partial charge in [-0.3, -0.25) is 14.4 Å². The van der Waals surface area contributed by atoms with Crippen molar-refractivity contribution in [3.63, 3.8) is 0 Å². The number of nitrogens with one attached hydrogen (secondary N) is 1. The second-order valence-electron chi connectivity index (χ2n) is 9.75. The van der Waals surface area contributed by atoms with E-state index in [4.69, 9.17) is 14.0 Å². The lowest BCUT2D eigenvalue weighted by molar-refractivity contribution is -0.151. The highest BCUT2D eigenvalue weighted by atomic mass is 16.5. The maximum atomic E-state index is 12.5. The van der Waals surface area contributed by atoms with Crippen molar-refractivity contribution in [2.75, 3.05) is 23.4 Å². The minimum Gasteiger partial charge on any atom is -0.457 e. The Kier molecular flexibility index (Phi) is 7.10. The van der Waals surface area contributed by atoms with Gasteiger partial charge in [0, 0.05) is 24.7 Å². The van der Waals surface area contributed by atoms with Crippen LogP contribution >= 0.6 is 0 Å². The molecule has 2 aromatic carbocycles. The maximum absolute atomic E-state index is 12.5. The number of esters is 1. The van der Waals surface area contributed by atoms with Crippen LogP contribution in [0.1, 0.15) is 38.5 Å². The van der Waals surface area contributed by atoms with Crippen LogP contribution in [0.25, 0.3) is 0 Å². The fourth-order valence-corrected chi connectivity index (χ4v) is 3.83. The third-order valence-electron chi connectivity index (χ3n) is 5.80. The molecule has 0 saturated carbocycles. The minimum atomic E-state index is -0.656. The van der Waals surface area contributed by atoms with E-state index in [1.165, 1.54) is 10.5 Å². The summed E-state index contributed by atoms with van der Waals surface area (Å²) in [6.45, 7) is 7.86. The fraction of sp³-hybridized carbons (Fsp3) is 0.333. The molecule has 36 heavy (non-hydrogen) atoms. The summed E-state index contributed by atoms with van der Waals surface area (Å²) in [6.07, 6.45) is 0.0152. The van der Waals surface area contributed by atoms with Crippen LogP contribution in [-0.4, -0.2) is 36.1 Å². The van der Waals surface area contributed by atoms with Crippen molar-refractivity contribution in [1.29, 1.82) is 0 Å². The minimum absolute atomic E-state index is 0.0152. The molecule has 1 aromatic heterocycles. The quantitative estimate of drug-likeness (QED) is 0.481. The number of carbonyl (C=O) groups excluding carboxylic acids is 3. The molecule has 9 nitrogen and oxygen atoms in total. The summed E-state index contributed by atoms with van der Waals surface area (Å²) in [5, 5.41) is 6.12. The number of rotatable bonds is 7. The van der Waals surface area contributed by atoms with Crippen molar-refractivity contribution in [2.45, 2.75) is 39.5 Å². The zero-order valence-electron chi connectivity index (χ0n) is 20.7. The van der Waals surface area contributed by atoms with Crippen molar-refractivity contribution in [1.82, 2.24) is 5.16 Å². The molecule has 1 aliphatic heterocycles. The van der Waals surface area contributed by atoms with Gasteiger partial charge >= 0.3 is 5.97 Å². The number of hydrogen-bond acceptors (Lipinski definition) is 7. The van der Waals surface area contributed by atoms with E-state index in [2.05, 4.69) is 31.2 Å². The van der Waals surface area contributed by atoms with Crippen molar-refractivity contribution in [3.05, 3.63) is 65.9 Å². The highest BCUT2D eigenvalue weighted by molar-refractivity contribution is 6.00. The van der Waals surface area contributed by atoms with Gasteiger partial charge in [0.05, 0.1) is 5.92 Å². The molecule has 1 saturated heterocycles. The van der Waals surface area contributed by atoms with E-state index in [0.717, 1.165) is 5.75 Å². The molecular weight excluding hydrogens is 462 g/mol. The number of hydrogen-bond donors (Lipinski definition) is 1. The number of nitrogens with zero attached hydrogens (tertiary/aromatic N) is 2. The Balaban J connectivity index is 1.29. The zero-order valence-corrected chi connectivity index (χ0v) is 20.7. The first kappa shape index (κ1) is 25.0. The molecule has 0 spiro atoms. The molecule has 4 rings (SSSR count). The van der Waals surface area contributed by atoms with E-state index in [9.17, 15) is 14.4 Å². The van der Waals surface area contributed by atoms with Gasteiger partial charge in [0.1, 0.15) is 17.3 Å². The van der Waals surface area contributed by atoms with Gasteiger partial charge in [-0.25, -0.2) is 0 Å². The molecule has 2 amide bonds. The standard InChI is InChI=1S/C27H29N3O6/c1-17-13-23(29-36-17)28-24(31)16-34-26(33)18-14-25(32)30(15-18)20-7-11-22(12-8-20)35-21-9-5-19(6-10-21)27(2,3)4/h5-13,18H,14-16H2,1-4H3,(H,28,29,31)/t18-/m1/s1. The molecule has 0 aliphatic carbocycles. The summed E-state index contributed by atoms with van der Waals surface area (Å²) in [6, 6.07) is 16.6. The Morgan fingerprint density at radius 3 is 2.31 bits per heavy atom. The SMILES string of the molecule is Cc1cc(NC(=O)COC(=O)[C@@H]2CC(=O)N(c3ccc(Oc4ccc(C(C)(C)C)cc4)cc3)C2)no1. The Hall–Kier alpha value is -4.14. The second-order valence-corrected chi connectivity index (χ2v) is 9.75. The monoisotopic (exact) mass is 491 g/mol. The number of anilines is 2. The van der Waals surface area contributed by atoms with E-state index in [1.54, 1.807) is 37.3 Å². The van der Waals surface area contributed by atoms with Gasteiger partial charge in [-0.05, 0) is 54.3 Å². The first-order valence-electron chi connectivity index (χ1n) is 11.7. The van der Waals surface area contributed by atoms with Crippen LogP contribution in [0.15, 0.2) is 59.1 Å². The molecule has 1 atom stereocenters. The maximum Gasteiger partial charge on any atom is 0.311 e. The van der Waals surface area contributed by atoms with E-state index in [1.807, 2.05) is 24.3 Å². The highest BCUT2D eigenvalue weighted by Crippen LogP contribution is 2.30. The average Bonchev–Trinajstić information content (AvgIpc) is 3.43. The fourth-order valence-electron chi connectivity index (χ4n) is 3.83. The Labute approximate surface area is 209 Å². The lowest BCUT2D eigenvalue weighted by Crippen LogP contribution is -2.28. The van der Waals surface area contributed by atoms with E-state index in [0.29, 0.717) is 17.2 Å². The van der Waals surface area contributed by atoms with Crippen LogP contribution < -0.4 is 15.0 Å². The average molecular weight is 492 g/mol. The molecular formula is C27H29N3O6. The largest absolute Gasteiger partial charge is 0.457 e. The summed E-state index contributed by atoms with van der Waals surface area (Å²) in [5.74, 6) is 0.156. The lowest BCUT2D eigenvalue weighted by atomic mass is 9.87. The number of benzene rings is 2. The molecule has 1 fully saturated rings. The third-order valence-corrected chi connectivity index (χ3v) is 5.80. The summed E-state index contributed by atoms with van der Waals surface area (Å²) in [4.78, 5) is 38.5. The van der Waals surface area contributed by atoms with Gasteiger partial charge in [0.2, 0.25) is 5.91 Å². The summed E-state index contributed by atoms with van der Waals surface area (Å²) in [5.41, 5.74) is 1.94. The Bertz CT molecular complexity index is 1240. The topological polar surface area (TPSA) is 111 Å². The molecule has 188 valence electrons. The number of amides is 2. The molecule has 9 heteroatoms. The third kappa shape index (κ3) is 6.10. The zero-order chi connectivity index (χ0) is 25.9. The first-order valence-corrected chi connectivity index (χ1v) is 11.7. The van der Waals surface area contributed by atoms with Crippen molar-refractivity contribution in [3.8, 4) is 11.5 Å². The molecule has 0 bridgehead atoms. The van der Waals surface area contributed by atoms with Crippen LogP contribution in [0.5, 0.6) is 11.5 Å². The van der Waals surface area contributed by atoms with Gasteiger partial charge in [-0.15, -0.1) is 0 Å². The number of aromatic nitrogens is 1. The smallest absolute Gasteiger partial charge is 0.311 e. The second kappa shape index (κ2) is 10.2. The summed E-state index contributed by atoms with van der Waals surface area (Å²) < 4.78 is 15.9. The molecule has 1 aliphatic rings. The van der Waals surface area contributed by atoms with Gasteiger partial charge in [0.15, 0.2) is 12.4 Å². The number of carbonyl (C=O) groups is 3. The van der Waals surface area contributed by atoms with Gasteiger partial charge < -0.3 is 24.2 Å². The van der Waals surface area contributed by atoms with Gasteiger partial charge in [-0.2, -0.15) is 0 Å². The normalized spacial score (nSPS) is 15.6. The molecule has 2 heterocycles. The number of aryl methyl sites for hydroxylation is 1. The Morgan fingerprint density at radius 2 is 1.72 bits per heavy atom. The summed E-state index contributed by atoms with van der Waals surface area (Å²) >= 11 is 0. The van der Waals surface area contributed by atoms with Crippen LogP contribution in [0.3, 0.4) is 0 Å². The van der Waals surface area contributed by atoms with Crippen molar-refractivity contribution >= 4 is 29.3 Å². The molecule has 1 N–H and O–H groups in total. The predicted molar refractivity (Wildman–Crippen MR) is 133 cm³/mol.